The fraction of sp³-hybridized carbons (Fsp3) is 0.583. The maximum absolute atomic E-state index is 11.7. The summed E-state index contributed by atoms with van der Waals surface area (Å²) in [4.78, 5) is 4.23. The SMILES string of the molecule is CCCNc1ccnc(CN2CCCS2(=O)=O)c1. The normalized spacial score (nSPS) is 18.9. The van der Waals surface area contributed by atoms with Gasteiger partial charge in [-0.1, -0.05) is 6.92 Å². The number of nitrogens with zero attached hydrogens (tertiary/aromatic N) is 2. The molecule has 1 aromatic heterocycles. The summed E-state index contributed by atoms with van der Waals surface area (Å²) in [6.07, 6.45) is 3.49. The van der Waals surface area contributed by atoms with Gasteiger partial charge in [-0.2, -0.15) is 4.31 Å². The topological polar surface area (TPSA) is 62.3 Å². The molecule has 1 aliphatic rings. The molecule has 0 aliphatic carbocycles. The number of rotatable bonds is 5. The van der Waals surface area contributed by atoms with Crippen LogP contribution < -0.4 is 5.32 Å². The monoisotopic (exact) mass is 269 g/mol. The highest BCUT2D eigenvalue weighted by molar-refractivity contribution is 7.89. The van der Waals surface area contributed by atoms with Crippen LogP contribution in [0.3, 0.4) is 0 Å². The summed E-state index contributed by atoms with van der Waals surface area (Å²) in [6, 6.07) is 3.82. The Bertz CT molecular complexity index is 502. The number of hydrogen-bond acceptors (Lipinski definition) is 4. The molecule has 0 radical (unpaired) electrons. The van der Waals surface area contributed by atoms with Crippen LogP contribution in [-0.2, 0) is 16.6 Å². The van der Waals surface area contributed by atoms with E-state index in [2.05, 4.69) is 17.2 Å². The molecule has 0 bridgehead atoms. The summed E-state index contributed by atoms with van der Waals surface area (Å²) < 4.78 is 24.9. The van der Waals surface area contributed by atoms with Crippen molar-refractivity contribution in [3.63, 3.8) is 0 Å². The van der Waals surface area contributed by atoms with Crippen LogP contribution >= 0.6 is 0 Å². The highest BCUT2D eigenvalue weighted by Crippen LogP contribution is 2.17. The second-order valence-corrected chi connectivity index (χ2v) is 6.55. The van der Waals surface area contributed by atoms with E-state index in [1.165, 1.54) is 4.31 Å². The van der Waals surface area contributed by atoms with Crippen molar-refractivity contribution in [1.82, 2.24) is 9.29 Å². The Hall–Kier alpha value is -1.14. The van der Waals surface area contributed by atoms with Crippen LogP contribution in [0.5, 0.6) is 0 Å². The lowest BCUT2D eigenvalue weighted by atomic mass is 10.3. The molecular weight excluding hydrogens is 250 g/mol. The Morgan fingerprint density at radius 3 is 3.00 bits per heavy atom. The van der Waals surface area contributed by atoms with Crippen molar-refractivity contribution >= 4 is 15.7 Å². The highest BCUT2D eigenvalue weighted by atomic mass is 32.2. The predicted octanol–water partition coefficient (Wildman–Crippen LogP) is 1.44. The largest absolute Gasteiger partial charge is 0.385 e. The molecule has 0 spiro atoms. The third-order valence-corrected chi connectivity index (χ3v) is 4.84. The molecule has 2 rings (SSSR count). The molecule has 1 fully saturated rings. The maximum Gasteiger partial charge on any atom is 0.214 e. The minimum atomic E-state index is -3.04. The maximum atomic E-state index is 11.7. The van der Waals surface area contributed by atoms with Crippen LogP contribution in [0.15, 0.2) is 18.3 Å². The van der Waals surface area contributed by atoms with Crippen molar-refractivity contribution < 1.29 is 8.42 Å². The summed E-state index contributed by atoms with van der Waals surface area (Å²) in [7, 11) is -3.04. The zero-order valence-corrected chi connectivity index (χ0v) is 11.4. The molecule has 2 heterocycles. The molecular formula is C12H19N3O2S. The van der Waals surface area contributed by atoms with Crippen molar-refractivity contribution in [1.29, 1.82) is 0 Å². The van der Waals surface area contributed by atoms with E-state index in [1.54, 1.807) is 6.20 Å². The van der Waals surface area contributed by atoms with Gasteiger partial charge in [0.05, 0.1) is 18.0 Å². The van der Waals surface area contributed by atoms with Crippen LogP contribution in [0.25, 0.3) is 0 Å². The van der Waals surface area contributed by atoms with Gasteiger partial charge in [0, 0.05) is 25.0 Å². The van der Waals surface area contributed by atoms with Gasteiger partial charge in [-0.3, -0.25) is 4.98 Å². The molecule has 1 N–H and O–H groups in total. The van der Waals surface area contributed by atoms with Crippen LogP contribution in [-0.4, -0.2) is 36.5 Å². The smallest absolute Gasteiger partial charge is 0.214 e. The molecule has 0 saturated carbocycles. The first-order chi connectivity index (χ1) is 8.62. The molecule has 1 aromatic rings. The minimum absolute atomic E-state index is 0.265. The lowest BCUT2D eigenvalue weighted by Crippen LogP contribution is -2.25. The van der Waals surface area contributed by atoms with Crippen molar-refractivity contribution in [2.24, 2.45) is 0 Å². The van der Waals surface area contributed by atoms with Crippen molar-refractivity contribution in [3.8, 4) is 0 Å². The van der Waals surface area contributed by atoms with E-state index in [0.29, 0.717) is 13.1 Å². The molecule has 0 unspecified atom stereocenters. The van der Waals surface area contributed by atoms with Crippen LogP contribution in [0, 0.1) is 0 Å². The zero-order chi connectivity index (χ0) is 13.0. The third kappa shape index (κ3) is 3.20. The van der Waals surface area contributed by atoms with E-state index in [4.69, 9.17) is 0 Å². The Balaban J connectivity index is 2.05. The lowest BCUT2D eigenvalue weighted by Gasteiger charge is -2.14. The number of sulfonamides is 1. The van der Waals surface area contributed by atoms with Crippen molar-refractivity contribution in [3.05, 3.63) is 24.0 Å². The minimum Gasteiger partial charge on any atom is -0.385 e. The van der Waals surface area contributed by atoms with Gasteiger partial charge >= 0.3 is 0 Å². The summed E-state index contributed by atoms with van der Waals surface area (Å²) >= 11 is 0. The van der Waals surface area contributed by atoms with Gasteiger partial charge in [0.15, 0.2) is 0 Å². The average molecular weight is 269 g/mol. The second kappa shape index (κ2) is 5.67. The summed E-state index contributed by atoms with van der Waals surface area (Å²) in [5.41, 5.74) is 1.79. The first kappa shape index (κ1) is 13.3. The number of anilines is 1. The third-order valence-electron chi connectivity index (χ3n) is 2.94. The molecule has 0 amide bonds. The number of nitrogens with one attached hydrogen (secondary N) is 1. The van der Waals surface area contributed by atoms with Gasteiger partial charge in [-0.05, 0) is 25.0 Å². The van der Waals surface area contributed by atoms with Gasteiger partial charge in [0.2, 0.25) is 10.0 Å². The van der Waals surface area contributed by atoms with Crippen LogP contribution in [0.2, 0.25) is 0 Å². The van der Waals surface area contributed by atoms with Crippen molar-refractivity contribution in [2.45, 2.75) is 26.3 Å². The van der Waals surface area contributed by atoms with Gasteiger partial charge in [-0.15, -0.1) is 0 Å². The van der Waals surface area contributed by atoms with E-state index in [9.17, 15) is 8.42 Å². The molecule has 100 valence electrons. The molecule has 0 atom stereocenters. The second-order valence-electron chi connectivity index (χ2n) is 4.47. The standard InChI is InChI=1S/C12H19N3O2S/c1-2-5-13-11-4-6-14-12(9-11)10-15-7-3-8-18(15,16)17/h4,6,9H,2-3,5,7-8,10H2,1H3,(H,13,14). The molecule has 5 nitrogen and oxygen atoms in total. The quantitative estimate of drug-likeness (QED) is 0.878. The predicted molar refractivity (Wildman–Crippen MR) is 71.8 cm³/mol. The Labute approximate surface area is 108 Å². The highest BCUT2D eigenvalue weighted by Gasteiger charge is 2.28. The van der Waals surface area contributed by atoms with Gasteiger partial charge in [-0.25, -0.2) is 8.42 Å². The average Bonchev–Trinajstić information content (AvgIpc) is 2.67. The zero-order valence-electron chi connectivity index (χ0n) is 10.6. The van der Waals surface area contributed by atoms with E-state index in [-0.39, 0.29) is 5.75 Å². The Kier molecular flexibility index (Phi) is 4.19. The van der Waals surface area contributed by atoms with Gasteiger partial charge < -0.3 is 5.32 Å². The van der Waals surface area contributed by atoms with Crippen molar-refractivity contribution in [2.75, 3.05) is 24.2 Å². The molecule has 1 aliphatic heterocycles. The van der Waals surface area contributed by atoms with Gasteiger partial charge in [0.1, 0.15) is 0 Å². The van der Waals surface area contributed by atoms with E-state index in [0.717, 1.165) is 30.8 Å². The summed E-state index contributed by atoms with van der Waals surface area (Å²) in [6.45, 7) is 4.00. The molecule has 6 heteroatoms. The fourth-order valence-electron chi connectivity index (χ4n) is 1.99. The Morgan fingerprint density at radius 1 is 1.50 bits per heavy atom. The molecule has 1 saturated heterocycles. The van der Waals surface area contributed by atoms with E-state index in [1.807, 2.05) is 12.1 Å². The summed E-state index contributed by atoms with van der Waals surface area (Å²) in [5.74, 6) is 0.265. The van der Waals surface area contributed by atoms with Gasteiger partial charge in [0.25, 0.3) is 0 Å². The lowest BCUT2D eigenvalue weighted by molar-refractivity contribution is 0.435. The summed E-state index contributed by atoms with van der Waals surface area (Å²) in [5, 5.41) is 3.27. The molecule has 0 aromatic carbocycles. The molecule has 18 heavy (non-hydrogen) atoms. The van der Waals surface area contributed by atoms with E-state index >= 15 is 0 Å². The number of aromatic nitrogens is 1. The van der Waals surface area contributed by atoms with E-state index < -0.39 is 10.0 Å². The first-order valence-corrected chi connectivity index (χ1v) is 7.89. The number of pyridine rings is 1. The van der Waals surface area contributed by atoms with Crippen LogP contribution in [0.4, 0.5) is 5.69 Å². The fourth-order valence-corrected chi connectivity index (χ4v) is 3.48. The first-order valence-electron chi connectivity index (χ1n) is 6.28. The Morgan fingerprint density at radius 2 is 2.33 bits per heavy atom. The number of hydrogen-bond donors (Lipinski definition) is 1. The van der Waals surface area contributed by atoms with Crippen LogP contribution in [0.1, 0.15) is 25.5 Å².